The number of ether oxygens (including phenoxy) is 3. The Morgan fingerprint density at radius 2 is 1.67 bits per heavy atom. The van der Waals surface area contributed by atoms with Crippen LogP contribution < -0.4 is 20.5 Å². The van der Waals surface area contributed by atoms with Crippen LogP contribution in [0.3, 0.4) is 0 Å². The number of hydrogen-bond acceptors (Lipinski definition) is 5. The molecule has 0 saturated heterocycles. The average Bonchev–Trinajstić information content (AvgIpc) is 2.63. The fourth-order valence-corrected chi connectivity index (χ4v) is 1.93. The fourth-order valence-electron chi connectivity index (χ4n) is 1.93. The van der Waals surface area contributed by atoms with E-state index in [2.05, 4.69) is 5.32 Å². The standard InChI is InChI=1S/C18H22N2O4/c19-9-11-22-16-7-4-8-17(13-16)23-12-10-20-18(21)24-14-15-5-2-1-3-6-15/h1-8,13H,9-12,14,19H2,(H,20,21). The van der Waals surface area contributed by atoms with Gasteiger partial charge < -0.3 is 25.3 Å². The summed E-state index contributed by atoms with van der Waals surface area (Å²) in [5.74, 6) is 1.37. The first kappa shape index (κ1) is 17.6. The van der Waals surface area contributed by atoms with Gasteiger partial charge in [0.25, 0.3) is 0 Å². The van der Waals surface area contributed by atoms with Gasteiger partial charge in [0.05, 0.1) is 6.54 Å². The molecule has 0 aliphatic carbocycles. The zero-order valence-electron chi connectivity index (χ0n) is 13.4. The first-order valence-corrected chi connectivity index (χ1v) is 7.78. The van der Waals surface area contributed by atoms with Gasteiger partial charge in [-0.15, -0.1) is 0 Å². The first-order valence-electron chi connectivity index (χ1n) is 7.78. The predicted octanol–water partition coefficient (Wildman–Crippen LogP) is 2.33. The van der Waals surface area contributed by atoms with Gasteiger partial charge in [0.1, 0.15) is 31.3 Å². The Labute approximate surface area is 141 Å². The third kappa shape index (κ3) is 6.58. The second-order valence-corrected chi connectivity index (χ2v) is 4.95. The van der Waals surface area contributed by atoms with Gasteiger partial charge in [0.15, 0.2) is 0 Å². The summed E-state index contributed by atoms with van der Waals surface area (Å²) >= 11 is 0. The highest BCUT2D eigenvalue weighted by molar-refractivity contribution is 5.67. The molecular formula is C18H22N2O4. The average molecular weight is 330 g/mol. The smallest absolute Gasteiger partial charge is 0.407 e. The summed E-state index contributed by atoms with van der Waals surface area (Å²) in [6, 6.07) is 16.8. The molecule has 6 heteroatoms. The van der Waals surface area contributed by atoms with E-state index in [0.29, 0.717) is 37.8 Å². The highest BCUT2D eigenvalue weighted by atomic mass is 16.5. The molecule has 0 spiro atoms. The van der Waals surface area contributed by atoms with Crippen LogP contribution in [0.2, 0.25) is 0 Å². The number of nitrogens with one attached hydrogen (secondary N) is 1. The van der Waals surface area contributed by atoms with Gasteiger partial charge in [-0.3, -0.25) is 0 Å². The minimum absolute atomic E-state index is 0.244. The van der Waals surface area contributed by atoms with E-state index >= 15 is 0 Å². The molecule has 2 aromatic rings. The molecule has 2 aromatic carbocycles. The molecule has 0 heterocycles. The molecule has 128 valence electrons. The monoisotopic (exact) mass is 330 g/mol. The van der Waals surface area contributed by atoms with E-state index in [1.807, 2.05) is 48.5 Å². The molecule has 0 unspecified atom stereocenters. The van der Waals surface area contributed by atoms with Crippen LogP contribution >= 0.6 is 0 Å². The number of hydrogen-bond donors (Lipinski definition) is 2. The quantitative estimate of drug-likeness (QED) is 0.690. The highest BCUT2D eigenvalue weighted by Crippen LogP contribution is 2.19. The van der Waals surface area contributed by atoms with E-state index in [4.69, 9.17) is 19.9 Å². The molecule has 0 saturated carbocycles. The van der Waals surface area contributed by atoms with Crippen molar-refractivity contribution < 1.29 is 19.0 Å². The van der Waals surface area contributed by atoms with Crippen molar-refractivity contribution in [2.24, 2.45) is 5.73 Å². The Kier molecular flexibility index (Phi) is 7.43. The maximum atomic E-state index is 11.6. The molecule has 24 heavy (non-hydrogen) atoms. The number of amides is 1. The van der Waals surface area contributed by atoms with E-state index < -0.39 is 6.09 Å². The van der Waals surface area contributed by atoms with Gasteiger partial charge >= 0.3 is 6.09 Å². The maximum Gasteiger partial charge on any atom is 0.407 e. The topological polar surface area (TPSA) is 82.8 Å². The fraction of sp³-hybridized carbons (Fsp3) is 0.278. The first-order chi connectivity index (χ1) is 11.8. The summed E-state index contributed by atoms with van der Waals surface area (Å²) in [4.78, 5) is 11.6. The van der Waals surface area contributed by atoms with E-state index in [-0.39, 0.29) is 6.61 Å². The van der Waals surface area contributed by atoms with Gasteiger partial charge in [0, 0.05) is 12.6 Å². The second kappa shape index (κ2) is 10.1. The van der Waals surface area contributed by atoms with Gasteiger partial charge in [-0.25, -0.2) is 4.79 Å². The van der Waals surface area contributed by atoms with Crippen molar-refractivity contribution in [3.8, 4) is 11.5 Å². The lowest BCUT2D eigenvalue weighted by Crippen LogP contribution is -2.28. The van der Waals surface area contributed by atoms with Crippen LogP contribution in [-0.2, 0) is 11.3 Å². The van der Waals surface area contributed by atoms with Gasteiger partial charge in [0.2, 0.25) is 0 Å². The third-order valence-electron chi connectivity index (χ3n) is 3.04. The summed E-state index contributed by atoms with van der Waals surface area (Å²) in [6.07, 6.45) is -0.470. The molecule has 0 fully saturated rings. The van der Waals surface area contributed by atoms with Crippen molar-refractivity contribution in [1.29, 1.82) is 0 Å². The molecule has 0 radical (unpaired) electrons. The Hall–Kier alpha value is -2.73. The van der Waals surface area contributed by atoms with Gasteiger partial charge in [-0.05, 0) is 17.7 Å². The van der Waals surface area contributed by atoms with Crippen LogP contribution in [0, 0.1) is 0 Å². The number of alkyl carbamates (subject to hydrolysis) is 1. The van der Waals surface area contributed by atoms with Crippen molar-refractivity contribution in [2.45, 2.75) is 6.61 Å². The molecule has 0 aliphatic rings. The molecule has 2 rings (SSSR count). The molecule has 0 aliphatic heterocycles. The molecular weight excluding hydrogens is 308 g/mol. The zero-order valence-corrected chi connectivity index (χ0v) is 13.4. The van der Waals surface area contributed by atoms with Crippen molar-refractivity contribution in [1.82, 2.24) is 5.32 Å². The summed E-state index contributed by atoms with van der Waals surface area (Å²) < 4.78 is 16.1. The molecule has 0 bridgehead atoms. The van der Waals surface area contributed by atoms with Crippen LogP contribution in [0.4, 0.5) is 4.79 Å². The lowest BCUT2D eigenvalue weighted by Gasteiger charge is -2.10. The van der Waals surface area contributed by atoms with E-state index in [1.165, 1.54) is 0 Å². The highest BCUT2D eigenvalue weighted by Gasteiger charge is 2.02. The van der Waals surface area contributed by atoms with Crippen LogP contribution in [0.25, 0.3) is 0 Å². The summed E-state index contributed by atoms with van der Waals surface area (Å²) in [5, 5.41) is 2.64. The Morgan fingerprint density at radius 1 is 0.958 bits per heavy atom. The SMILES string of the molecule is NCCOc1cccc(OCCNC(=O)OCc2ccccc2)c1. The molecule has 3 N–H and O–H groups in total. The largest absolute Gasteiger partial charge is 0.492 e. The van der Waals surface area contributed by atoms with Crippen molar-refractivity contribution in [3.05, 3.63) is 60.2 Å². The maximum absolute atomic E-state index is 11.6. The predicted molar refractivity (Wildman–Crippen MR) is 91.1 cm³/mol. The Bertz CT molecular complexity index is 619. The molecule has 1 amide bonds. The van der Waals surface area contributed by atoms with Crippen molar-refractivity contribution in [3.63, 3.8) is 0 Å². The Morgan fingerprint density at radius 3 is 2.38 bits per heavy atom. The zero-order chi connectivity index (χ0) is 17.0. The third-order valence-corrected chi connectivity index (χ3v) is 3.04. The number of benzene rings is 2. The van der Waals surface area contributed by atoms with E-state index in [1.54, 1.807) is 6.07 Å². The molecule has 6 nitrogen and oxygen atoms in total. The lowest BCUT2D eigenvalue weighted by molar-refractivity contribution is 0.137. The minimum Gasteiger partial charge on any atom is -0.492 e. The van der Waals surface area contributed by atoms with Gasteiger partial charge in [-0.2, -0.15) is 0 Å². The van der Waals surface area contributed by atoms with Crippen LogP contribution in [0.15, 0.2) is 54.6 Å². The minimum atomic E-state index is -0.470. The van der Waals surface area contributed by atoms with Gasteiger partial charge in [-0.1, -0.05) is 36.4 Å². The summed E-state index contributed by atoms with van der Waals surface area (Å²) in [7, 11) is 0. The van der Waals surface area contributed by atoms with Crippen LogP contribution in [0.1, 0.15) is 5.56 Å². The van der Waals surface area contributed by atoms with E-state index in [0.717, 1.165) is 5.56 Å². The molecule has 0 aromatic heterocycles. The summed E-state index contributed by atoms with van der Waals surface area (Å²) in [6.45, 7) is 1.84. The second-order valence-electron chi connectivity index (χ2n) is 4.95. The van der Waals surface area contributed by atoms with Crippen molar-refractivity contribution >= 4 is 6.09 Å². The van der Waals surface area contributed by atoms with E-state index in [9.17, 15) is 4.79 Å². The number of carbonyl (C=O) groups excluding carboxylic acids is 1. The van der Waals surface area contributed by atoms with Crippen LogP contribution in [-0.4, -0.2) is 32.4 Å². The number of rotatable bonds is 9. The Balaban J connectivity index is 1.62. The number of carbonyl (C=O) groups is 1. The number of nitrogens with two attached hydrogens (primary N) is 1. The molecule has 0 atom stereocenters. The van der Waals surface area contributed by atoms with Crippen molar-refractivity contribution in [2.75, 3.05) is 26.3 Å². The normalized spacial score (nSPS) is 10.0. The van der Waals surface area contributed by atoms with Crippen LogP contribution in [0.5, 0.6) is 11.5 Å². The lowest BCUT2D eigenvalue weighted by atomic mass is 10.2. The summed E-state index contributed by atoms with van der Waals surface area (Å²) in [5.41, 5.74) is 6.34.